The minimum absolute atomic E-state index is 0.0165. The van der Waals surface area contributed by atoms with Gasteiger partial charge in [-0.1, -0.05) is 18.2 Å². The summed E-state index contributed by atoms with van der Waals surface area (Å²) in [7, 11) is 0. The maximum Gasteiger partial charge on any atom is 0.237 e. The van der Waals surface area contributed by atoms with Crippen LogP contribution in [0, 0.1) is 0 Å². The van der Waals surface area contributed by atoms with Crippen LogP contribution in [0.3, 0.4) is 0 Å². The summed E-state index contributed by atoms with van der Waals surface area (Å²) >= 11 is 0. The van der Waals surface area contributed by atoms with Crippen LogP contribution in [0.1, 0.15) is 30.6 Å². The largest absolute Gasteiger partial charge is 0.467 e. The topological polar surface area (TPSA) is 65.8 Å². The summed E-state index contributed by atoms with van der Waals surface area (Å²) < 4.78 is 5.26. The van der Waals surface area contributed by atoms with Crippen LogP contribution in [0.25, 0.3) is 0 Å². The van der Waals surface area contributed by atoms with Crippen molar-refractivity contribution in [2.45, 2.75) is 38.3 Å². The van der Waals surface area contributed by atoms with E-state index >= 15 is 0 Å². The number of rotatable bonds is 6. The zero-order chi connectivity index (χ0) is 18.6. The summed E-state index contributed by atoms with van der Waals surface area (Å²) in [5, 5.41) is 2.94. The fourth-order valence-electron chi connectivity index (χ4n) is 4.07. The van der Waals surface area contributed by atoms with Crippen molar-refractivity contribution in [3.8, 4) is 0 Å². The molecule has 0 saturated carbocycles. The first-order valence-corrected chi connectivity index (χ1v) is 9.65. The van der Waals surface area contributed by atoms with Gasteiger partial charge in [0.2, 0.25) is 11.8 Å². The molecule has 6 nitrogen and oxygen atoms in total. The first-order valence-electron chi connectivity index (χ1n) is 9.65. The van der Waals surface area contributed by atoms with Crippen molar-refractivity contribution >= 4 is 17.5 Å². The standard InChI is InChI=1S/C21H25N3O3/c25-20(24-13-9-16-5-1-2-7-18(16)24)10-12-23-11-3-8-19(23)21(26)22-15-17-6-4-14-27-17/h1-2,4-7,14,19H,3,8-13,15H2,(H,22,26)/t19-/m0/s1. The number of amides is 2. The molecule has 0 aliphatic carbocycles. The SMILES string of the molecule is O=C(NCc1ccco1)[C@@H]1CCCN1CCC(=O)N1CCc2ccccc21. The van der Waals surface area contributed by atoms with Crippen molar-refractivity contribution in [1.82, 2.24) is 10.2 Å². The number of furan rings is 1. The van der Waals surface area contributed by atoms with Crippen molar-refractivity contribution in [2.24, 2.45) is 0 Å². The van der Waals surface area contributed by atoms with Gasteiger partial charge in [0, 0.05) is 25.2 Å². The Labute approximate surface area is 159 Å². The molecule has 1 aromatic carbocycles. The van der Waals surface area contributed by atoms with Gasteiger partial charge in [0.1, 0.15) is 5.76 Å². The maximum absolute atomic E-state index is 12.7. The number of carbonyl (C=O) groups is 2. The van der Waals surface area contributed by atoms with E-state index < -0.39 is 0 Å². The number of carbonyl (C=O) groups excluding carboxylic acids is 2. The van der Waals surface area contributed by atoms with E-state index in [1.165, 1.54) is 5.56 Å². The molecule has 0 unspecified atom stereocenters. The van der Waals surface area contributed by atoms with Crippen molar-refractivity contribution in [3.63, 3.8) is 0 Å². The Morgan fingerprint density at radius 3 is 2.89 bits per heavy atom. The molecule has 1 saturated heterocycles. The Hall–Kier alpha value is -2.60. The molecule has 2 aliphatic heterocycles. The predicted molar refractivity (Wildman–Crippen MR) is 102 cm³/mol. The van der Waals surface area contributed by atoms with Crippen molar-refractivity contribution in [1.29, 1.82) is 0 Å². The number of benzene rings is 1. The number of likely N-dealkylation sites (tertiary alicyclic amines) is 1. The fourth-order valence-corrected chi connectivity index (χ4v) is 4.07. The molecule has 1 atom stereocenters. The first-order chi connectivity index (χ1) is 13.2. The molecule has 1 fully saturated rings. The van der Waals surface area contributed by atoms with Crippen LogP contribution < -0.4 is 10.2 Å². The zero-order valence-electron chi connectivity index (χ0n) is 15.4. The van der Waals surface area contributed by atoms with Crippen LogP contribution in [0.5, 0.6) is 0 Å². The number of para-hydroxylation sites is 1. The minimum atomic E-state index is -0.154. The molecule has 4 rings (SSSR count). The predicted octanol–water partition coefficient (Wildman–Crippen LogP) is 2.34. The van der Waals surface area contributed by atoms with E-state index in [4.69, 9.17) is 4.42 Å². The number of anilines is 1. The molecular formula is C21H25N3O3. The van der Waals surface area contributed by atoms with E-state index in [0.717, 1.165) is 43.8 Å². The molecule has 1 N–H and O–H groups in total. The fraction of sp³-hybridized carbons (Fsp3) is 0.429. The highest BCUT2D eigenvalue weighted by atomic mass is 16.3. The molecule has 0 bridgehead atoms. The van der Waals surface area contributed by atoms with Gasteiger partial charge in [-0.25, -0.2) is 0 Å². The second-order valence-electron chi connectivity index (χ2n) is 7.17. The number of hydrogen-bond donors (Lipinski definition) is 1. The van der Waals surface area contributed by atoms with Crippen molar-refractivity contribution < 1.29 is 14.0 Å². The van der Waals surface area contributed by atoms with E-state index in [-0.39, 0.29) is 17.9 Å². The maximum atomic E-state index is 12.7. The van der Waals surface area contributed by atoms with Crippen molar-refractivity contribution in [2.75, 3.05) is 24.5 Å². The lowest BCUT2D eigenvalue weighted by Crippen LogP contribution is -2.44. The zero-order valence-corrected chi connectivity index (χ0v) is 15.4. The Morgan fingerprint density at radius 1 is 1.15 bits per heavy atom. The average Bonchev–Trinajstić information content (AvgIpc) is 3.44. The van der Waals surface area contributed by atoms with Crippen LogP contribution in [0.4, 0.5) is 5.69 Å². The van der Waals surface area contributed by atoms with E-state index in [2.05, 4.69) is 16.3 Å². The van der Waals surface area contributed by atoms with Gasteiger partial charge in [-0.05, 0) is 49.6 Å². The number of nitrogens with zero attached hydrogens (tertiary/aromatic N) is 2. The molecule has 6 heteroatoms. The highest BCUT2D eigenvalue weighted by Crippen LogP contribution is 2.28. The van der Waals surface area contributed by atoms with Gasteiger partial charge < -0.3 is 14.6 Å². The Kier molecular flexibility index (Phi) is 5.25. The molecule has 27 heavy (non-hydrogen) atoms. The monoisotopic (exact) mass is 367 g/mol. The van der Waals surface area contributed by atoms with Crippen LogP contribution in [0.2, 0.25) is 0 Å². The van der Waals surface area contributed by atoms with Crippen molar-refractivity contribution in [3.05, 3.63) is 54.0 Å². The lowest BCUT2D eigenvalue weighted by molar-refractivity contribution is -0.126. The van der Waals surface area contributed by atoms with E-state index in [9.17, 15) is 9.59 Å². The molecule has 142 valence electrons. The van der Waals surface area contributed by atoms with Crippen LogP contribution in [-0.4, -0.2) is 42.4 Å². The minimum Gasteiger partial charge on any atom is -0.467 e. The van der Waals surface area contributed by atoms with E-state index in [1.807, 2.05) is 35.2 Å². The highest BCUT2D eigenvalue weighted by Gasteiger charge is 2.31. The normalized spacial score (nSPS) is 19.3. The average molecular weight is 367 g/mol. The van der Waals surface area contributed by atoms with Gasteiger partial charge in [0.15, 0.2) is 0 Å². The second kappa shape index (κ2) is 7.96. The lowest BCUT2D eigenvalue weighted by atomic mass is 10.2. The summed E-state index contributed by atoms with van der Waals surface area (Å²) in [6, 6.07) is 11.6. The van der Waals surface area contributed by atoms with E-state index in [1.54, 1.807) is 6.26 Å². The molecule has 2 aromatic rings. The first kappa shape index (κ1) is 17.8. The number of fused-ring (bicyclic) bond motifs is 1. The van der Waals surface area contributed by atoms with Gasteiger partial charge in [0.05, 0.1) is 18.8 Å². The lowest BCUT2D eigenvalue weighted by Gasteiger charge is -2.24. The third-order valence-corrected chi connectivity index (χ3v) is 5.48. The summed E-state index contributed by atoms with van der Waals surface area (Å²) in [4.78, 5) is 29.3. The second-order valence-corrected chi connectivity index (χ2v) is 7.17. The molecule has 2 aliphatic rings. The molecular weight excluding hydrogens is 342 g/mol. The van der Waals surface area contributed by atoms with Gasteiger partial charge in [0.25, 0.3) is 0 Å². The molecule has 2 amide bonds. The Balaban J connectivity index is 1.29. The summed E-state index contributed by atoms with van der Waals surface area (Å²) in [5.74, 6) is 0.903. The Morgan fingerprint density at radius 2 is 2.04 bits per heavy atom. The van der Waals surface area contributed by atoms with Crippen LogP contribution in [-0.2, 0) is 22.6 Å². The Bertz CT molecular complexity index is 803. The third-order valence-electron chi connectivity index (χ3n) is 5.48. The highest BCUT2D eigenvalue weighted by molar-refractivity contribution is 5.95. The van der Waals surface area contributed by atoms with E-state index in [0.29, 0.717) is 19.5 Å². The van der Waals surface area contributed by atoms with Crippen LogP contribution in [0.15, 0.2) is 47.1 Å². The molecule has 0 radical (unpaired) electrons. The van der Waals surface area contributed by atoms with Gasteiger partial charge >= 0.3 is 0 Å². The third kappa shape index (κ3) is 3.90. The smallest absolute Gasteiger partial charge is 0.237 e. The van der Waals surface area contributed by atoms with Gasteiger partial charge in [-0.2, -0.15) is 0 Å². The van der Waals surface area contributed by atoms with Gasteiger partial charge in [-0.15, -0.1) is 0 Å². The number of nitrogens with one attached hydrogen (secondary N) is 1. The van der Waals surface area contributed by atoms with Gasteiger partial charge in [-0.3, -0.25) is 14.5 Å². The number of hydrogen-bond acceptors (Lipinski definition) is 4. The quantitative estimate of drug-likeness (QED) is 0.851. The van der Waals surface area contributed by atoms with Crippen LogP contribution >= 0.6 is 0 Å². The molecule has 1 aromatic heterocycles. The molecule has 3 heterocycles. The molecule has 0 spiro atoms. The summed E-state index contributed by atoms with van der Waals surface area (Å²) in [6.07, 6.45) is 4.79. The summed E-state index contributed by atoms with van der Waals surface area (Å²) in [5.41, 5.74) is 2.28. The summed E-state index contributed by atoms with van der Waals surface area (Å²) in [6.45, 7) is 2.64.